The van der Waals surface area contributed by atoms with Crippen molar-refractivity contribution in [1.82, 2.24) is 9.97 Å². The lowest BCUT2D eigenvalue weighted by molar-refractivity contribution is 0.0980. The smallest absolute Gasteiger partial charge is 0.262 e. The molecular weight excluding hydrogens is 411 g/mol. The number of hydrogen-bond acceptors (Lipinski definition) is 5. The second-order valence-corrected chi connectivity index (χ2v) is 8.84. The Kier molecular flexibility index (Phi) is 6.51. The highest BCUT2D eigenvalue weighted by atomic mass is 32.2. The Morgan fingerprint density at radius 3 is 2.42 bits per heavy atom. The molecule has 0 spiro atoms. The van der Waals surface area contributed by atoms with Crippen LogP contribution < -0.4 is 9.80 Å². The largest absolute Gasteiger partial charge is 0.339 e. The summed E-state index contributed by atoms with van der Waals surface area (Å²) >= 11 is 1.89. The van der Waals surface area contributed by atoms with Crippen LogP contribution in [0.4, 0.5) is 16.0 Å². The lowest BCUT2D eigenvalue weighted by Gasteiger charge is -2.29. The summed E-state index contributed by atoms with van der Waals surface area (Å²) in [6.45, 7) is 5.57. The lowest BCUT2D eigenvalue weighted by atomic mass is 10.0. The fourth-order valence-electron chi connectivity index (χ4n) is 3.67. The number of carbonyl (C=O) groups excluding carboxylic acids is 1. The van der Waals surface area contributed by atoms with Crippen LogP contribution in [-0.4, -0.2) is 46.5 Å². The van der Waals surface area contributed by atoms with Crippen molar-refractivity contribution >= 4 is 29.3 Å². The van der Waals surface area contributed by atoms with Crippen molar-refractivity contribution in [2.45, 2.75) is 19.9 Å². The maximum Gasteiger partial charge on any atom is 0.262 e. The summed E-state index contributed by atoms with van der Waals surface area (Å²) in [5.41, 5.74) is 1.70. The molecule has 1 saturated heterocycles. The van der Waals surface area contributed by atoms with E-state index in [2.05, 4.69) is 9.88 Å². The van der Waals surface area contributed by atoms with Gasteiger partial charge in [-0.05, 0) is 38.1 Å². The Labute approximate surface area is 186 Å². The molecule has 2 aromatic carbocycles. The zero-order chi connectivity index (χ0) is 21.8. The predicted molar refractivity (Wildman–Crippen MR) is 125 cm³/mol. The van der Waals surface area contributed by atoms with Gasteiger partial charge in [0.15, 0.2) is 0 Å². The van der Waals surface area contributed by atoms with E-state index in [-0.39, 0.29) is 17.5 Å². The van der Waals surface area contributed by atoms with E-state index in [1.54, 1.807) is 29.3 Å². The second-order valence-electron chi connectivity index (χ2n) is 7.62. The summed E-state index contributed by atoms with van der Waals surface area (Å²) < 4.78 is 14.8. The molecule has 1 aliphatic rings. The summed E-state index contributed by atoms with van der Waals surface area (Å²) in [6.07, 6.45) is 1.55. The van der Waals surface area contributed by atoms with Gasteiger partial charge in [-0.15, -0.1) is 0 Å². The Morgan fingerprint density at radius 2 is 1.74 bits per heavy atom. The van der Waals surface area contributed by atoms with Gasteiger partial charge in [0.2, 0.25) is 5.95 Å². The number of aromatic nitrogens is 2. The highest BCUT2D eigenvalue weighted by molar-refractivity contribution is 7.99. The maximum atomic E-state index is 14.8. The molecule has 0 radical (unpaired) electrons. The molecule has 0 unspecified atom stereocenters. The number of para-hydroxylation sites is 1. The molecule has 7 heteroatoms. The van der Waals surface area contributed by atoms with Crippen LogP contribution in [0.15, 0.2) is 60.8 Å². The maximum absolute atomic E-state index is 14.8. The first-order valence-electron chi connectivity index (χ1n) is 10.4. The number of benzene rings is 2. The van der Waals surface area contributed by atoms with Crippen LogP contribution >= 0.6 is 11.8 Å². The predicted octanol–water partition coefficient (Wildman–Crippen LogP) is 4.89. The van der Waals surface area contributed by atoms with Crippen LogP contribution in [0.25, 0.3) is 11.3 Å². The normalized spacial score (nSPS) is 14.0. The van der Waals surface area contributed by atoms with Crippen molar-refractivity contribution in [2.24, 2.45) is 0 Å². The fraction of sp³-hybridized carbons (Fsp3) is 0.292. The van der Waals surface area contributed by atoms with E-state index in [0.29, 0.717) is 17.2 Å². The van der Waals surface area contributed by atoms with E-state index in [1.165, 1.54) is 6.07 Å². The number of hydrogen-bond donors (Lipinski definition) is 0. The summed E-state index contributed by atoms with van der Waals surface area (Å²) in [4.78, 5) is 26.7. The second kappa shape index (κ2) is 9.47. The minimum Gasteiger partial charge on any atom is -0.339 e. The van der Waals surface area contributed by atoms with Crippen LogP contribution in [0.2, 0.25) is 0 Å². The summed E-state index contributed by atoms with van der Waals surface area (Å²) in [5, 5.41) is 0. The number of nitrogens with zero attached hydrogens (tertiary/aromatic N) is 4. The molecule has 4 rings (SSSR count). The highest BCUT2D eigenvalue weighted by Crippen LogP contribution is 2.29. The molecule has 2 heterocycles. The van der Waals surface area contributed by atoms with E-state index in [1.807, 2.05) is 55.9 Å². The van der Waals surface area contributed by atoms with Gasteiger partial charge in [-0.2, -0.15) is 11.8 Å². The van der Waals surface area contributed by atoms with Crippen LogP contribution in [0.5, 0.6) is 0 Å². The number of carbonyl (C=O) groups is 1. The van der Waals surface area contributed by atoms with Crippen molar-refractivity contribution in [3.8, 4) is 11.3 Å². The molecule has 5 nitrogen and oxygen atoms in total. The monoisotopic (exact) mass is 436 g/mol. The zero-order valence-corrected chi connectivity index (χ0v) is 18.5. The first-order valence-corrected chi connectivity index (χ1v) is 11.5. The Hall–Kier alpha value is -2.93. The van der Waals surface area contributed by atoms with E-state index in [4.69, 9.17) is 4.98 Å². The quantitative estimate of drug-likeness (QED) is 0.570. The number of rotatable bonds is 5. The molecule has 3 aromatic rings. The fourth-order valence-corrected chi connectivity index (χ4v) is 4.57. The van der Waals surface area contributed by atoms with Crippen molar-refractivity contribution < 1.29 is 9.18 Å². The van der Waals surface area contributed by atoms with Gasteiger partial charge >= 0.3 is 0 Å². The van der Waals surface area contributed by atoms with Crippen LogP contribution in [-0.2, 0) is 0 Å². The van der Waals surface area contributed by atoms with Crippen molar-refractivity contribution in [3.63, 3.8) is 0 Å². The highest BCUT2D eigenvalue weighted by Gasteiger charge is 2.27. The van der Waals surface area contributed by atoms with Gasteiger partial charge in [0.05, 0.1) is 11.3 Å². The molecular formula is C24H25FN4OS. The van der Waals surface area contributed by atoms with Gasteiger partial charge in [0, 0.05) is 48.1 Å². The van der Waals surface area contributed by atoms with E-state index < -0.39 is 5.82 Å². The van der Waals surface area contributed by atoms with E-state index in [0.717, 1.165) is 30.3 Å². The Balaban J connectivity index is 1.82. The number of anilines is 2. The number of thioether (sulfide) groups is 1. The SMILES string of the molecule is CC(C)N(C(=O)c1cnc(N2CCSCC2)nc1-c1ccccc1F)c1ccccc1. The summed E-state index contributed by atoms with van der Waals surface area (Å²) in [5.74, 6) is 1.86. The zero-order valence-electron chi connectivity index (χ0n) is 17.7. The molecule has 0 atom stereocenters. The topological polar surface area (TPSA) is 49.3 Å². The molecule has 160 valence electrons. The standard InChI is InChI=1S/C24H25FN4OS/c1-17(2)29(18-8-4-3-5-9-18)23(30)20-16-26-24(28-12-14-31-15-13-28)27-22(20)19-10-6-7-11-21(19)25/h3-11,16-17H,12-15H2,1-2H3. The summed E-state index contributed by atoms with van der Waals surface area (Å²) in [6, 6.07) is 15.8. The van der Waals surface area contributed by atoms with E-state index in [9.17, 15) is 9.18 Å². The van der Waals surface area contributed by atoms with Gasteiger partial charge in [0.25, 0.3) is 5.91 Å². The third-order valence-electron chi connectivity index (χ3n) is 5.20. The van der Waals surface area contributed by atoms with Crippen molar-refractivity contribution in [1.29, 1.82) is 0 Å². The molecule has 0 aliphatic carbocycles. The van der Waals surface area contributed by atoms with Crippen molar-refractivity contribution in [2.75, 3.05) is 34.4 Å². The Bertz CT molecular complexity index is 1050. The van der Waals surface area contributed by atoms with Crippen molar-refractivity contribution in [3.05, 3.63) is 72.2 Å². The average molecular weight is 437 g/mol. The lowest BCUT2D eigenvalue weighted by Crippen LogP contribution is -2.38. The molecule has 1 amide bonds. The Morgan fingerprint density at radius 1 is 1.06 bits per heavy atom. The van der Waals surface area contributed by atoms with Gasteiger partial charge in [-0.1, -0.05) is 30.3 Å². The number of amides is 1. The third kappa shape index (κ3) is 4.56. The third-order valence-corrected chi connectivity index (χ3v) is 6.14. The molecule has 1 fully saturated rings. The van der Waals surface area contributed by atoms with Gasteiger partial charge in [-0.3, -0.25) is 4.79 Å². The number of halogens is 1. The van der Waals surface area contributed by atoms with Gasteiger partial charge in [-0.25, -0.2) is 14.4 Å². The molecule has 31 heavy (non-hydrogen) atoms. The van der Waals surface area contributed by atoms with Gasteiger partial charge < -0.3 is 9.80 Å². The van der Waals surface area contributed by atoms with Crippen LogP contribution in [0.3, 0.4) is 0 Å². The van der Waals surface area contributed by atoms with Crippen LogP contribution in [0.1, 0.15) is 24.2 Å². The summed E-state index contributed by atoms with van der Waals surface area (Å²) in [7, 11) is 0. The average Bonchev–Trinajstić information content (AvgIpc) is 2.80. The van der Waals surface area contributed by atoms with Crippen LogP contribution in [0, 0.1) is 5.82 Å². The molecule has 0 N–H and O–H groups in total. The molecule has 1 aromatic heterocycles. The minimum atomic E-state index is -0.411. The first kappa shape index (κ1) is 21.3. The molecule has 1 aliphatic heterocycles. The minimum absolute atomic E-state index is 0.0952. The first-order chi connectivity index (χ1) is 15.1. The van der Waals surface area contributed by atoms with Gasteiger partial charge in [0.1, 0.15) is 5.82 Å². The van der Waals surface area contributed by atoms with E-state index >= 15 is 0 Å². The molecule has 0 bridgehead atoms. The molecule has 0 saturated carbocycles.